The Morgan fingerprint density at radius 1 is 0.864 bits per heavy atom. The summed E-state index contributed by atoms with van der Waals surface area (Å²) >= 11 is 0. The topological polar surface area (TPSA) is 111 Å². The molecule has 0 bridgehead atoms. The number of nitrogens with zero attached hydrogens (tertiary/aromatic N) is 4. The molecule has 0 fully saturated rings. The van der Waals surface area contributed by atoms with Gasteiger partial charge in [-0.05, 0) is 37.1 Å². The average molecular weight is 300 g/mol. The SMILES string of the molecule is Cc1ccccc1N=Nc1c(C)ccc([N+](=O)[O-])c1[N+](=O)[O-]. The van der Waals surface area contributed by atoms with Crippen molar-refractivity contribution < 1.29 is 9.85 Å². The third-order valence-corrected chi connectivity index (χ3v) is 3.08. The maximum atomic E-state index is 11.2. The molecule has 0 aliphatic carbocycles. The highest BCUT2D eigenvalue weighted by Gasteiger charge is 2.30. The molecular weight excluding hydrogens is 288 g/mol. The van der Waals surface area contributed by atoms with E-state index < -0.39 is 21.2 Å². The van der Waals surface area contributed by atoms with Gasteiger partial charge in [-0.1, -0.05) is 18.2 Å². The number of aryl methyl sites for hydroxylation is 2. The molecule has 0 saturated carbocycles. The summed E-state index contributed by atoms with van der Waals surface area (Å²) in [5.41, 5.74) is 0.466. The number of benzene rings is 2. The highest BCUT2D eigenvalue weighted by atomic mass is 16.6. The van der Waals surface area contributed by atoms with Gasteiger partial charge in [-0.25, -0.2) is 0 Å². The van der Waals surface area contributed by atoms with E-state index in [-0.39, 0.29) is 5.69 Å². The van der Waals surface area contributed by atoms with Crippen LogP contribution in [0.25, 0.3) is 0 Å². The third-order valence-electron chi connectivity index (χ3n) is 3.08. The van der Waals surface area contributed by atoms with E-state index in [0.29, 0.717) is 11.3 Å². The Balaban J connectivity index is 2.60. The Kier molecular flexibility index (Phi) is 4.21. The van der Waals surface area contributed by atoms with Crippen molar-refractivity contribution >= 4 is 22.7 Å². The van der Waals surface area contributed by atoms with Crippen LogP contribution < -0.4 is 0 Å². The van der Waals surface area contributed by atoms with Crippen molar-refractivity contribution in [2.75, 3.05) is 0 Å². The van der Waals surface area contributed by atoms with E-state index in [4.69, 9.17) is 0 Å². The van der Waals surface area contributed by atoms with E-state index >= 15 is 0 Å². The molecule has 0 heterocycles. The van der Waals surface area contributed by atoms with Gasteiger partial charge in [0.25, 0.3) is 0 Å². The molecule has 0 amide bonds. The van der Waals surface area contributed by atoms with Crippen LogP contribution in [0.15, 0.2) is 46.6 Å². The minimum atomic E-state index is -0.808. The molecule has 0 spiro atoms. The predicted molar refractivity (Wildman–Crippen MR) is 79.8 cm³/mol. The molecule has 0 atom stereocenters. The van der Waals surface area contributed by atoms with Gasteiger partial charge in [0.15, 0.2) is 5.69 Å². The van der Waals surface area contributed by atoms with Crippen molar-refractivity contribution in [3.8, 4) is 0 Å². The van der Waals surface area contributed by atoms with Crippen LogP contribution in [0.4, 0.5) is 22.7 Å². The Labute approximate surface area is 125 Å². The van der Waals surface area contributed by atoms with Gasteiger partial charge in [0, 0.05) is 6.07 Å². The van der Waals surface area contributed by atoms with Crippen LogP contribution in [-0.2, 0) is 0 Å². The molecule has 2 rings (SSSR count). The fourth-order valence-corrected chi connectivity index (χ4v) is 1.90. The van der Waals surface area contributed by atoms with E-state index in [1.165, 1.54) is 6.07 Å². The van der Waals surface area contributed by atoms with E-state index in [9.17, 15) is 20.2 Å². The largest absolute Gasteiger partial charge is 0.373 e. The van der Waals surface area contributed by atoms with Gasteiger partial charge in [0.05, 0.1) is 15.5 Å². The smallest absolute Gasteiger partial charge is 0.258 e. The second-order valence-electron chi connectivity index (χ2n) is 4.60. The Bertz CT molecular complexity index is 786. The molecule has 0 aliphatic heterocycles. The molecule has 2 aromatic carbocycles. The average Bonchev–Trinajstić information content (AvgIpc) is 2.46. The summed E-state index contributed by atoms with van der Waals surface area (Å²) in [5.74, 6) is 0. The first-order valence-corrected chi connectivity index (χ1v) is 6.31. The van der Waals surface area contributed by atoms with E-state index in [1.54, 1.807) is 19.1 Å². The van der Waals surface area contributed by atoms with Gasteiger partial charge >= 0.3 is 11.4 Å². The van der Waals surface area contributed by atoms with Crippen LogP contribution in [0.2, 0.25) is 0 Å². The second-order valence-corrected chi connectivity index (χ2v) is 4.60. The standard InChI is InChI=1S/C14H12N4O4/c1-9-5-3-4-6-11(9)15-16-13-10(2)7-8-12(17(19)20)14(13)18(21)22/h3-8H,1-2H3. The van der Waals surface area contributed by atoms with Crippen molar-refractivity contribution in [1.82, 2.24) is 0 Å². The van der Waals surface area contributed by atoms with Gasteiger partial charge in [-0.3, -0.25) is 20.2 Å². The van der Waals surface area contributed by atoms with Crippen LogP contribution in [-0.4, -0.2) is 9.85 Å². The fourth-order valence-electron chi connectivity index (χ4n) is 1.90. The minimum Gasteiger partial charge on any atom is -0.258 e. The summed E-state index contributed by atoms with van der Waals surface area (Å²) in [7, 11) is 0. The van der Waals surface area contributed by atoms with Gasteiger partial charge in [0.2, 0.25) is 0 Å². The zero-order valence-corrected chi connectivity index (χ0v) is 11.9. The van der Waals surface area contributed by atoms with Crippen molar-refractivity contribution in [3.63, 3.8) is 0 Å². The van der Waals surface area contributed by atoms with Crippen LogP contribution in [0.5, 0.6) is 0 Å². The molecule has 0 N–H and O–H groups in total. The van der Waals surface area contributed by atoms with Gasteiger partial charge in [-0.2, -0.15) is 5.11 Å². The highest BCUT2D eigenvalue weighted by molar-refractivity contribution is 5.72. The second kappa shape index (κ2) is 6.08. The fraction of sp³-hybridized carbons (Fsp3) is 0.143. The number of nitro groups is 2. The summed E-state index contributed by atoms with van der Waals surface area (Å²) in [6.07, 6.45) is 0. The van der Waals surface area contributed by atoms with Crippen LogP contribution in [0, 0.1) is 34.1 Å². The van der Waals surface area contributed by atoms with E-state index in [2.05, 4.69) is 10.2 Å². The van der Waals surface area contributed by atoms with Crippen molar-refractivity contribution in [1.29, 1.82) is 0 Å². The molecule has 0 aliphatic rings. The number of hydrogen-bond donors (Lipinski definition) is 0. The van der Waals surface area contributed by atoms with Crippen molar-refractivity contribution in [2.45, 2.75) is 13.8 Å². The quantitative estimate of drug-likeness (QED) is 0.468. The Morgan fingerprint density at radius 2 is 1.55 bits per heavy atom. The number of rotatable bonds is 4. The third kappa shape index (κ3) is 2.95. The summed E-state index contributed by atoms with van der Waals surface area (Å²) in [5, 5.41) is 30.0. The highest BCUT2D eigenvalue weighted by Crippen LogP contribution is 2.39. The van der Waals surface area contributed by atoms with Crippen LogP contribution >= 0.6 is 0 Å². The molecule has 8 heteroatoms. The maximum absolute atomic E-state index is 11.2. The number of azo groups is 1. The molecule has 0 unspecified atom stereocenters. The molecular formula is C14H12N4O4. The lowest BCUT2D eigenvalue weighted by Crippen LogP contribution is -1.97. The zero-order valence-electron chi connectivity index (χ0n) is 11.9. The molecule has 0 radical (unpaired) electrons. The van der Waals surface area contributed by atoms with Crippen molar-refractivity contribution in [2.24, 2.45) is 10.2 Å². The summed E-state index contributed by atoms with van der Waals surface area (Å²) in [4.78, 5) is 20.5. The molecule has 0 aromatic heterocycles. The predicted octanol–water partition coefficient (Wildman–Crippen LogP) is 4.54. The lowest BCUT2D eigenvalue weighted by atomic mass is 10.1. The molecule has 22 heavy (non-hydrogen) atoms. The van der Waals surface area contributed by atoms with E-state index in [0.717, 1.165) is 11.6 Å². The molecule has 8 nitrogen and oxygen atoms in total. The first-order valence-electron chi connectivity index (χ1n) is 6.31. The van der Waals surface area contributed by atoms with Crippen LogP contribution in [0.3, 0.4) is 0 Å². The van der Waals surface area contributed by atoms with Crippen molar-refractivity contribution in [3.05, 3.63) is 67.8 Å². The number of hydrogen-bond acceptors (Lipinski definition) is 6. The normalized spacial score (nSPS) is 10.8. The summed E-state index contributed by atoms with van der Waals surface area (Å²) < 4.78 is 0. The van der Waals surface area contributed by atoms with Gasteiger partial charge in [-0.15, -0.1) is 5.11 Å². The number of nitro benzene ring substituents is 2. The summed E-state index contributed by atoms with van der Waals surface area (Å²) in [6, 6.07) is 9.63. The first-order chi connectivity index (χ1) is 10.4. The molecule has 112 valence electrons. The first kappa shape index (κ1) is 15.2. The maximum Gasteiger partial charge on any atom is 0.373 e. The van der Waals surface area contributed by atoms with Crippen LogP contribution in [0.1, 0.15) is 11.1 Å². The lowest BCUT2D eigenvalue weighted by molar-refractivity contribution is -0.422. The van der Waals surface area contributed by atoms with Gasteiger partial charge < -0.3 is 0 Å². The monoisotopic (exact) mass is 300 g/mol. The zero-order chi connectivity index (χ0) is 16.3. The molecule has 0 saturated heterocycles. The minimum absolute atomic E-state index is 0.109. The summed E-state index contributed by atoms with van der Waals surface area (Å²) in [6.45, 7) is 3.41. The lowest BCUT2D eigenvalue weighted by Gasteiger charge is -2.02. The van der Waals surface area contributed by atoms with E-state index in [1.807, 2.05) is 19.1 Å². The van der Waals surface area contributed by atoms with Gasteiger partial charge in [0.1, 0.15) is 0 Å². The Morgan fingerprint density at radius 3 is 2.14 bits per heavy atom. The molecule has 2 aromatic rings. The Hall–Kier alpha value is -3.16.